The first-order chi connectivity index (χ1) is 9.24. The van der Waals surface area contributed by atoms with Crippen LogP contribution in [0, 0.1) is 13.8 Å². The first-order valence-electron chi connectivity index (χ1n) is 8.29. The number of nitrogens with zero attached hydrogens (tertiary/aromatic N) is 1. The Balaban J connectivity index is 1.90. The highest BCUT2D eigenvalue weighted by molar-refractivity contribution is 4.88. The number of aromatic nitrogens is 2. The van der Waals surface area contributed by atoms with Crippen LogP contribution >= 0.6 is 0 Å². The van der Waals surface area contributed by atoms with Crippen LogP contribution in [0.25, 0.3) is 0 Å². The molecule has 0 saturated heterocycles. The van der Waals surface area contributed by atoms with E-state index in [0.717, 1.165) is 0 Å². The Bertz CT molecular complexity index is 328. The Morgan fingerprint density at radius 3 is 1.84 bits per heavy atom. The zero-order valence-corrected chi connectivity index (χ0v) is 13.3. The standard InChI is InChI=1S/C17H32N2/c1-4-5-6-7-8-9-10-11-12-13-14-19-15-16(2)18-17(19)3/h15H,4-14H2,1-3H3/p+1. The molecule has 0 atom stereocenters. The Hall–Kier alpha value is -0.790. The molecule has 0 aliphatic rings. The smallest absolute Gasteiger partial charge is 0.245 e. The van der Waals surface area contributed by atoms with Crippen molar-refractivity contribution in [3.63, 3.8) is 0 Å². The van der Waals surface area contributed by atoms with Crippen LogP contribution in [0.1, 0.15) is 82.7 Å². The molecule has 0 amide bonds. The van der Waals surface area contributed by atoms with Gasteiger partial charge in [0.1, 0.15) is 11.9 Å². The Labute approximate surface area is 119 Å². The van der Waals surface area contributed by atoms with E-state index in [1.807, 2.05) is 0 Å². The number of hydrogen-bond acceptors (Lipinski definition) is 0. The van der Waals surface area contributed by atoms with Crippen LogP contribution in [-0.4, -0.2) is 4.98 Å². The van der Waals surface area contributed by atoms with Gasteiger partial charge in [0.25, 0.3) is 5.82 Å². The van der Waals surface area contributed by atoms with Crippen molar-refractivity contribution in [3.8, 4) is 0 Å². The van der Waals surface area contributed by atoms with E-state index in [0.29, 0.717) is 0 Å². The fraction of sp³-hybridized carbons (Fsp3) is 0.824. The van der Waals surface area contributed by atoms with E-state index in [4.69, 9.17) is 0 Å². The summed E-state index contributed by atoms with van der Waals surface area (Å²) in [6.45, 7) is 7.74. The zero-order chi connectivity index (χ0) is 13.9. The van der Waals surface area contributed by atoms with E-state index in [-0.39, 0.29) is 0 Å². The quantitative estimate of drug-likeness (QED) is 0.436. The van der Waals surface area contributed by atoms with Crippen molar-refractivity contribution in [2.24, 2.45) is 0 Å². The molecule has 0 spiro atoms. The summed E-state index contributed by atoms with van der Waals surface area (Å²) in [5.41, 5.74) is 1.27. The SMILES string of the molecule is CCCCCCCCCCCC[n+]1cc(C)[nH]c1C. The third kappa shape index (κ3) is 7.39. The number of hydrogen-bond donors (Lipinski definition) is 1. The number of H-pyrrole nitrogens is 1. The van der Waals surface area contributed by atoms with Crippen molar-refractivity contribution >= 4 is 0 Å². The molecule has 0 aliphatic heterocycles. The van der Waals surface area contributed by atoms with Crippen LogP contribution < -0.4 is 4.57 Å². The fourth-order valence-corrected chi connectivity index (χ4v) is 2.72. The molecule has 110 valence electrons. The first kappa shape index (κ1) is 16.3. The zero-order valence-electron chi connectivity index (χ0n) is 13.3. The molecule has 0 saturated carbocycles. The molecule has 0 aliphatic carbocycles. The van der Waals surface area contributed by atoms with Crippen molar-refractivity contribution in [1.29, 1.82) is 0 Å². The van der Waals surface area contributed by atoms with Crippen LogP contribution in [0.5, 0.6) is 0 Å². The van der Waals surface area contributed by atoms with Gasteiger partial charge in [-0.3, -0.25) is 0 Å². The number of aryl methyl sites for hydroxylation is 3. The van der Waals surface area contributed by atoms with E-state index >= 15 is 0 Å². The maximum Gasteiger partial charge on any atom is 0.251 e. The number of imidazole rings is 1. The summed E-state index contributed by atoms with van der Waals surface area (Å²) in [6, 6.07) is 0. The minimum absolute atomic E-state index is 1.17. The molecule has 2 nitrogen and oxygen atoms in total. The Kier molecular flexibility index (Phi) is 8.61. The van der Waals surface area contributed by atoms with E-state index in [1.54, 1.807) is 0 Å². The summed E-state index contributed by atoms with van der Waals surface area (Å²) in [5.74, 6) is 1.29. The van der Waals surface area contributed by atoms with Crippen molar-refractivity contribution < 1.29 is 4.57 Å². The Morgan fingerprint density at radius 1 is 0.842 bits per heavy atom. The fourth-order valence-electron chi connectivity index (χ4n) is 2.72. The van der Waals surface area contributed by atoms with Crippen molar-refractivity contribution in [2.45, 2.75) is 91.5 Å². The third-order valence-electron chi connectivity index (χ3n) is 3.91. The molecule has 0 radical (unpaired) electrons. The lowest BCUT2D eigenvalue weighted by Gasteiger charge is -2.02. The largest absolute Gasteiger partial charge is 0.251 e. The average Bonchev–Trinajstić information content (AvgIpc) is 2.70. The summed E-state index contributed by atoms with van der Waals surface area (Å²) < 4.78 is 2.35. The number of nitrogens with one attached hydrogen (secondary N) is 1. The second-order valence-corrected chi connectivity index (χ2v) is 5.90. The highest BCUT2D eigenvalue weighted by Crippen LogP contribution is 2.10. The minimum atomic E-state index is 1.17. The number of rotatable bonds is 11. The van der Waals surface area contributed by atoms with E-state index < -0.39 is 0 Å². The summed E-state index contributed by atoms with van der Waals surface area (Å²) in [7, 11) is 0. The minimum Gasteiger partial charge on any atom is -0.245 e. The van der Waals surface area contributed by atoms with Gasteiger partial charge in [-0.05, 0) is 12.8 Å². The van der Waals surface area contributed by atoms with Crippen molar-refractivity contribution in [3.05, 3.63) is 17.7 Å². The summed E-state index contributed by atoms with van der Waals surface area (Å²) in [6.07, 6.45) is 16.3. The van der Waals surface area contributed by atoms with E-state index in [2.05, 4.69) is 36.5 Å². The first-order valence-corrected chi connectivity index (χ1v) is 8.29. The number of unbranched alkanes of at least 4 members (excludes halogenated alkanes) is 9. The molecule has 2 heteroatoms. The Morgan fingerprint density at radius 2 is 1.37 bits per heavy atom. The second-order valence-electron chi connectivity index (χ2n) is 5.90. The van der Waals surface area contributed by atoms with E-state index in [1.165, 1.54) is 82.3 Å². The highest BCUT2D eigenvalue weighted by Gasteiger charge is 2.06. The molecule has 1 aromatic rings. The molecule has 19 heavy (non-hydrogen) atoms. The van der Waals surface area contributed by atoms with Gasteiger partial charge in [-0.2, -0.15) is 0 Å². The molecule has 0 fully saturated rings. The van der Waals surface area contributed by atoms with Gasteiger partial charge in [0.15, 0.2) is 0 Å². The topological polar surface area (TPSA) is 19.7 Å². The van der Waals surface area contributed by atoms with Crippen LogP contribution in [-0.2, 0) is 6.54 Å². The van der Waals surface area contributed by atoms with Crippen molar-refractivity contribution in [1.82, 2.24) is 4.98 Å². The lowest BCUT2D eigenvalue weighted by molar-refractivity contribution is -0.702. The molecule has 0 aromatic carbocycles. The molecule has 1 rings (SSSR count). The van der Waals surface area contributed by atoms with Crippen LogP contribution in [0.15, 0.2) is 6.20 Å². The highest BCUT2D eigenvalue weighted by atomic mass is 15.1. The van der Waals surface area contributed by atoms with Gasteiger partial charge in [-0.15, -0.1) is 0 Å². The molecule has 1 aromatic heterocycles. The summed E-state index contributed by atoms with van der Waals surface area (Å²) >= 11 is 0. The van der Waals surface area contributed by atoms with Crippen LogP contribution in [0.3, 0.4) is 0 Å². The molecule has 1 heterocycles. The third-order valence-corrected chi connectivity index (χ3v) is 3.91. The molecular formula is C17H33N2+. The molecular weight excluding hydrogens is 232 g/mol. The molecule has 0 bridgehead atoms. The van der Waals surface area contributed by atoms with Gasteiger partial charge in [-0.1, -0.05) is 58.3 Å². The maximum absolute atomic E-state index is 3.36. The van der Waals surface area contributed by atoms with Crippen LogP contribution in [0.4, 0.5) is 0 Å². The van der Waals surface area contributed by atoms with Crippen LogP contribution in [0.2, 0.25) is 0 Å². The number of aromatic amines is 1. The normalized spacial score (nSPS) is 11.1. The van der Waals surface area contributed by atoms with Gasteiger partial charge >= 0.3 is 0 Å². The van der Waals surface area contributed by atoms with E-state index in [9.17, 15) is 0 Å². The average molecular weight is 265 g/mol. The van der Waals surface area contributed by atoms with Crippen molar-refractivity contribution in [2.75, 3.05) is 0 Å². The lowest BCUT2D eigenvalue weighted by atomic mass is 10.1. The maximum atomic E-state index is 3.36. The molecule has 0 unspecified atom stereocenters. The predicted molar refractivity (Wildman–Crippen MR) is 82.3 cm³/mol. The van der Waals surface area contributed by atoms with Gasteiger partial charge in [0.05, 0.1) is 6.54 Å². The summed E-state index contributed by atoms with van der Waals surface area (Å²) in [5, 5.41) is 0. The van der Waals surface area contributed by atoms with Gasteiger partial charge < -0.3 is 0 Å². The van der Waals surface area contributed by atoms with Gasteiger partial charge in [-0.25, -0.2) is 9.55 Å². The summed E-state index contributed by atoms with van der Waals surface area (Å²) in [4.78, 5) is 3.36. The van der Waals surface area contributed by atoms with Gasteiger partial charge in [0.2, 0.25) is 0 Å². The lowest BCUT2D eigenvalue weighted by Crippen LogP contribution is -2.34. The second kappa shape index (κ2) is 10.1. The predicted octanol–water partition coefficient (Wildman–Crippen LogP) is 4.84. The monoisotopic (exact) mass is 265 g/mol. The molecule has 1 N–H and O–H groups in total. The van der Waals surface area contributed by atoms with Gasteiger partial charge in [0, 0.05) is 13.8 Å².